The summed E-state index contributed by atoms with van der Waals surface area (Å²) in [6, 6.07) is 6.78. The molecule has 0 atom stereocenters. The Labute approximate surface area is 148 Å². The molecule has 1 heterocycles. The number of hydrogen-bond donors (Lipinski definition) is 0. The van der Waals surface area contributed by atoms with Gasteiger partial charge in [0, 0.05) is 12.1 Å². The summed E-state index contributed by atoms with van der Waals surface area (Å²) in [5.41, 5.74) is 2.81. The fraction of sp³-hybridized carbons (Fsp3) is 0.684. The lowest BCUT2D eigenvalue weighted by atomic mass is 10.0. The average Bonchev–Trinajstić information content (AvgIpc) is 2.50. The number of benzene rings is 1. The summed E-state index contributed by atoms with van der Waals surface area (Å²) in [6.07, 6.45) is 6.43. The van der Waals surface area contributed by atoms with Crippen LogP contribution in [0.4, 0.5) is 0 Å². The van der Waals surface area contributed by atoms with Gasteiger partial charge in [-0.2, -0.15) is 0 Å². The van der Waals surface area contributed by atoms with Crippen molar-refractivity contribution in [3.05, 3.63) is 29.3 Å². The lowest BCUT2D eigenvalue weighted by Crippen LogP contribution is -2.29. The number of nitrogens with zero attached hydrogens (tertiary/aromatic N) is 2. The largest absolute Gasteiger partial charge is 0.494 e. The van der Waals surface area contributed by atoms with Crippen molar-refractivity contribution in [3.63, 3.8) is 0 Å². The van der Waals surface area contributed by atoms with Gasteiger partial charge in [0.15, 0.2) is 0 Å². The first-order valence-corrected chi connectivity index (χ1v) is 8.80. The highest BCUT2D eigenvalue weighted by Gasteiger charge is 2.13. The Hall–Kier alpha value is -0.770. The molecule has 0 unspecified atom stereocenters. The number of aryl methyl sites for hydroxylation is 1. The molecule has 1 aromatic carbocycles. The monoisotopic (exact) mass is 340 g/mol. The zero-order valence-corrected chi connectivity index (χ0v) is 15.8. The number of likely N-dealkylation sites (tertiary alicyclic amines) is 1. The van der Waals surface area contributed by atoms with Crippen LogP contribution >= 0.6 is 12.4 Å². The number of ether oxygens (including phenoxy) is 1. The lowest BCUT2D eigenvalue weighted by molar-refractivity contribution is 0.216. The molecule has 1 aliphatic heterocycles. The van der Waals surface area contributed by atoms with Crippen molar-refractivity contribution in [1.82, 2.24) is 9.80 Å². The number of piperidine rings is 1. The maximum atomic E-state index is 5.84. The average molecular weight is 341 g/mol. The highest BCUT2D eigenvalue weighted by molar-refractivity contribution is 5.85. The minimum Gasteiger partial charge on any atom is -0.494 e. The van der Waals surface area contributed by atoms with E-state index in [4.69, 9.17) is 4.74 Å². The van der Waals surface area contributed by atoms with Crippen LogP contribution in [0.2, 0.25) is 0 Å². The fourth-order valence-electron chi connectivity index (χ4n) is 3.17. The van der Waals surface area contributed by atoms with Gasteiger partial charge in [0.05, 0.1) is 6.61 Å². The molecule has 0 spiro atoms. The molecule has 2 rings (SSSR count). The van der Waals surface area contributed by atoms with Gasteiger partial charge in [0.2, 0.25) is 0 Å². The number of hydrogen-bond acceptors (Lipinski definition) is 3. The maximum Gasteiger partial charge on any atom is 0.123 e. The van der Waals surface area contributed by atoms with Crippen LogP contribution in [0.3, 0.4) is 0 Å². The SMILES string of the molecule is CCOc1ccc(CCCN(C)C)cc1CN1CCCCC1.Cl. The van der Waals surface area contributed by atoms with Crippen molar-refractivity contribution < 1.29 is 4.74 Å². The molecule has 0 radical (unpaired) electrons. The smallest absolute Gasteiger partial charge is 0.123 e. The van der Waals surface area contributed by atoms with Crippen molar-refractivity contribution in [2.45, 2.75) is 45.6 Å². The molecule has 0 saturated carbocycles. The third-order valence-electron chi connectivity index (χ3n) is 4.34. The topological polar surface area (TPSA) is 15.7 Å². The van der Waals surface area contributed by atoms with Gasteiger partial charge >= 0.3 is 0 Å². The van der Waals surface area contributed by atoms with E-state index in [-0.39, 0.29) is 12.4 Å². The van der Waals surface area contributed by atoms with Crippen LogP contribution in [0.5, 0.6) is 5.75 Å². The van der Waals surface area contributed by atoms with Crippen LogP contribution in [0, 0.1) is 0 Å². The Bertz CT molecular complexity index is 445. The number of halogens is 1. The molecule has 0 aromatic heterocycles. The Morgan fingerprint density at radius 1 is 1.13 bits per heavy atom. The van der Waals surface area contributed by atoms with Gasteiger partial charge in [-0.25, -0.2) is 0 Å². The predicted molar refractivity (Wildman–Crippen MR) is 101 cm³/mol. The van der Waals surface area contributed by atoms with Crippen LogP contribution in [-0.4, -0.2) is 50.1 Å². The van der Waals surface area contributed by atoms with Crippen LogP contribution in [0.1, 0.15) is 43.7 Å². The first-order chi connectivity index (χ1) is 10.7. The first kappa shape index (κ1) is 20.3. The summed E-state index contributed by atoms with van der Waals surface area (Å²) in [6.45, 7) is 7.46. The maximum absolute atomic E-state index is 5.84. The molecule has 1 aliphatic rings. The van der Waals surface area contributed by atoms with Crippen LogP contribution in [-0.2, 0) is 13.0 Å². The van der Waals surface area contributed by atoms with Gasteiger partial charge in [0.1, 0.15) is 5.75 Å². The second-order valence-corrected chi connectivity index (χ2v) is 6.62. The predicted octanol–water partition coefficient (Wildman–Crippen LogP) is 3.99. The van der Waals surface area contributed by atoms with Gasteiger partial charge in [0.25, 0.3) is 0 Å². The third kappa shape index (κ3) is 7.11. The van der Waals surface area contributed by atoms with E-state index in [1.54, 1.807) is 0 Å². The third-order valence-corrected chi connectivity index (χ3v) is 4.34. The summed E-state index contributed by atoms with van der Waals surface area (Å²) in [7, 11) is 4.28. The second-order valence-electron chi connectivity index (χ2n) is 6.62. The Morgan fingerprint density at radius 2 is 1.87 bits per heavy atom. The molecular formula is C19H33ClN2O. The summed E-state index contributed by atoms with van der Waals surface area (Å²) in [5.74, 6) is 1.07. The Kier molecular flexibility index (Phi) is 9.61. The normalized spacial score (nSPS) is 15.5. The van der Waals surface area contributed by atoms with E-state index in [1.165, 1.54) is 49.9 Å². The van der Waals surface area contributed by atoms with E-state index in [0.717, 1.165) is 31.9 Å². The van der Waals surface area contributed by atoms with Gasteiger partial charge < -0.3 is 9.64 Å². The lowest BCUT2D eigenvalue weighted by Gasteiger charge is -2.27. The summed E-state index contributed by atoms with van der Waals surface area (Å²) in [4.78, 5) is 4.83. The van der Waals surface area contributed by atoms with Crippen molar-refractivity contribution in [1.29, 1.82) is 0 Å². The summed E-state index contributed by atoms with van der Waals surface area (Å²) < 4.78 is 5.84. The highest BCUT2D eigenvalue weighted by Crippen LogP contribution is 2.24. The van der Waals surface area contributed by atoms with E-state index < -0.39 is 0 Å². The van der Waals surface area contributed by atoms with Crippen LogP contribution in [0.25, 0.3) is 0 Å². The standard InChI is InChI=1S/C19H32N2O.ClH/c1-4-22-19-11-10-17(9-8-12-20(2)3)15-18(19)16-21-13-6-5-7-14-21;/h10-11,15H,4-9,12-14,16H2,1-3H3;1H. The van der Waals surface area contributed by atoms with Crippen molar-refractivity contribution in [2.75, 3.05) is 40.3 Å². The molecule has 0 N–H and O–H groups in total. The van der Waals surface area contributed by atoms with E-state index in [2.05, 4.69) is 49.0 Å². The van der Waals surface area contributed by atoms with Crippen molar-refractivity contribution in [2.24, 2.45) is 0 Å². The van der Waals surface area contributed by atoms with Gasteiger partial charge in [-0.05, 0) is 78.0 Å². The molecule has 23 heavy (non-hydrogen) atoms. The quantitative estimate of drug-likeness (QED) is 0.711. The first-order valence-electron chi connectivity index (χ1n) is 8.80. The molecule has 132 valence electrons. The molecular weight excluding hydrogens is 308 g/mol. The van der Waals surface area contributed by atoms with Gasteiger partial charge in [-0.3, -0.25) is 4.90 Å². The molecule has 1 fully saturated rings. The molecule has 1 saturated heterocycles. The highest BCUT2D eigenvalue weighted by atomic mass is 35.5. The summed E-state index contributed by atoms with van der Waals surface area (Å²) >= 11 is 0. The van der Waals surface area contributed by atoms with Crippen molar-refractivity contribution in [3.8, 4) is 5.75 Å². The molecule has 3 nitrogen and oxygen atoms in total. The molecule has 4 heteroatoms. The van der Waals surface area contributed by atoms with Gasteiger partial charge in [-0.1, -0.05) is 18.6 Å². The fourth-order valence-corrected chi connectivity index (χ4v) is 3.17. The minimum absolute atomic E-state index is 0. The zero-order valence-electron chi connectivity index (χ0n) is 15.0. The van der Waals surface area contributed by atoms with E-state index >= 15 is 0 Å². The Balaban J connectivity index is 0.00000264. The second kappa shape index (κ2) is 10.9. The minimum atomic E-state index is 0. The van der Waals surface area contributed by atoms with E-state index in [1.807, 2.05) is 0 Å². The van der Waals surface area contributed by atoms with E-state index in [9.17, 15) is 0 Å². The molecule has 0 amide bonds. The molecule has 1 aromatic rings. The van der Waals surface area contributed by atoms with Crippen LogP contribution < -0.4 is 4.74 Å². The van der Waals surface area contributed by atoms with Crippen molar-refractivity contribution >= 4 is 12.4 Å². The molecule has 0 bridgehead atoms. The molecule has 0 aliphatic carbocycles. The number of rotatable bonds is 8. The van der Waals surface area contributed by atoms with E-state index in [0.29, 0.717) is 0 Å². The van der Waals surface area contributed by atoms with Gasteiger partial charge in [-0.15, -0.1) is 12.4 Å². The summed E-state index contributed by atoms with van der Waals surface area (Å²) in [5, 5.41) is 0. The van der Waals surface area contributed by atoms with Crippen LogP contribution in [0.15, 0.2) is 18.2 Å². The zero-order chi connectivity index (χ0) is 15.8. The Morgan fingerprint density at radius 3 is 2.52 bits per heavy atom.